The molecule has 0 bridgehead atoms. The molecular weight excluding hydrogens is 536 g/mol. The number of ether oxygens (including phenoxy) is 1. The number of anilines is 2. The molecule has 0 aliphatic carbocycles. The largest absolute Gasteiger partial charge is 0.488 e. The van der Waals surface area contributed by atoms with Gasteiger partial charge in [-0.2, -0.15) is 4.31 Å². The average molecular weight is 571 g/mol. The molecule has 0 saturated heterocycles. The first-order valence-electron chi connectivity index (χ1n) is 12.8. The number of amides is 3. The number of imidazole rings is 1. The van der Waals surface area contributed by atoms with Gasteiger partial charge in [0.1, 0.15) is 11.9 Å². The van der Waals surface area contributed by atoms with E-state index in [2.05, 4.69) is 15.6 Å². The predicted octanol–water partition coefficient (Wildman–Crippen LogP) is 2.60. The van der Waals surface area contributed by atoms with Crippen molar-refractivity contribution in [2.45, 2.75) is 31.0 Å². The second-order valence-corrected chi connectivity index (χ2v) is 11.9. The standard InChI is InChI=1S/C27H34N6O6S/c1-18-13-33(19(2)16-34)26(35)22-12-21(30-27(36)29-20-8-6-5-7-9-20)10-11-23(22)39-24(18)14-32(4)40(37,38)25-15-31(3)17-28-25/h5-12,15,17-19,24,34H,13-14,16H2,1-4H3,(H2,29,30,36)/t18-,19+,24-/m0/s1. The van der Waals surface area contributed by atoms with Crippen molar-refractivity contribution in [3.8, 4) is 5.75 Å². The molecule has 3 atom stereocenters. The van der Waals surface area contributed by atoms with E-state index in [0.717, 1.165) is 0 Å². The number of aryl methyl sites for hydroxylation is 1. The van der Waals surface area contributed by atoms with Gasteiger partial charge in [-0.15, -0.1) is 0 Å². The maximum atomic E-state index is 13.6. The number of aromatic nitrogens is 2. The second kappa shape index (κ2) is 12.1. The van der Waals surface area contributed by atoms with E-state index in [1.165, 1.54) is 29.9 Å². The number of rotatable bonds is 8. The van der Waals surface area contributed by atoms with Crippen LogP contribution in [0.15, 0.2) is 66.1 Å². The number of hydrogen-bond acceptors (Lipinski definition) is 7. The normalized spacial score (nSPS) is 18.4. The molecule has 4 rings (SSSR count). The smallest absolute Gasteiger partial charge is 0.323 e. The number of aliphatic hydroxyl groups excluding tert-OH is 1. The van der Waals surface area contributed by atoms with Crippen molar-refractivity contribution in [1.82, 2.24) is 18.8 Å². The molecule has 2 aromatic carbocycles. The molecule has 3 N–H and O–H groups in total. The lowest BCUT2D eigenvalue weighted by molar-refractivity contribution is 0.0387. The van der Waals surface area contributed by atoms with Gasteiger partial charge in [-0.1, -0.05) is 25.1 Å². The molecular formula is C27H34N6O6S. The number of carbonyl (C=O) groups excluding carboxylic acids is 2. The van der Waals surface area contributed by atoms with E-state index >= 15 is 0 Å². The fourth-order valence-corrected chi connectivity index (χ4v) is 5.51. The van der Waals surface area contributed by atoms with Crippen molar-refractivity contribution in [1.29, 1.82) is 0 Å². The minimum atomic E-state index is -3.88. The highest BCUT2D eigenvalue weighted by Gasteiger charge is 2.35. The Labute approximate surface area is 233 Å². The van der Waals surface area contributed by atoms with Crippen LogP contribution in [0, 0.1) is 5.92 Å². The van der Waals surface area contributed by atoms with Crippen molar-refractivity contribution in [3.63, 3.8) is 0 Å². The first-order chi connectivity index (χ1) is 19.0. The van der Waals surface area contributed by atoms with Gasteiger partial charge >= 0.3 is 6.03 Å². The molecule has 13 heteroatoms. The lowest BCUT2D eigenvalue weighted by atomic mass is 9.99. The van der Waals surface area contributed by atoms with Gasteiger partial charge in [0.2, 0.25) is 0 Å². The van der Waals surface area contributed by atoms with Gasteiger partial charge in [0, 0.05) is 44.1 Å². The quantitative estimate of drug-likeness (QED) is 0.377. The summed E-state index contributed by atoms with van der Waals surface area (Å²) < 4.78 is 35.3. The number of nitrogens with zero attached hydrogens (tertiary/aromatic N) is 4. The Morgan fingerprint density at radius 1 is 1.20 bits per heavy atom. The van der Waals surface area contributed by atoms with Gasteiger partial charge in [-0.3, -0.25) is 4.79 Å². The van der Waals surface area contributed by atoms with Crippen molar-refractivity contribution in [2.75, 3.05) is 37.4 Å². The lowest BCUT2D eigenvalue weighted by Gasteiger charge is -2.38. The molecule has 3 aromatic rings. The van der Waals surface area contributed by atoms with Crippen LogP contribution in [0.1, 0.15) is 24.2 Å². The van der Waals surface area contributed by atoms with Gasteiger partial charge in [0.25, 0.3) is 15.9 Å². The monoisotopic (exact) mass is 570 g/mol. The number of hydrogen-bond donors (Lipinski definition) is 3. The molecule has 3 amide bonds. The zero-order chi connectivity index (χ0) is 29.0. The molecule has 0 spiro atoms. The van der Waals surface area contributed by atoms with E-state index in [-0.39, 0.29) is 47.9 Å². The number of benzene rings is 2. The van der Waals surface area contributed by atoms with E-state index in [1.54, 1.807) is 59.8 Å². The number of likely N-dealkylation sites (N-methyl/N-ethyl adjacent to an activating group) is 1. The van der Waals surface area contributed by atoms with Crippen molar-refractivity contribution < 1.29 is 27.9 Å². The van der Waals surface area contributed by atoms with E-state index < -0.39 is 28.2 Å². The zero-order valence-electron chi connectivity index (χ0n) is 22.8. The summed E-state index contributed by atoms with van der Waals surface area (Å²) in [6.07, 6.45) is 2.20. The summed E-state index contributed by atoms with van der Waals surface area (Å²) in [5.41, 5.74) is 1.15. The van der Waals surface area contributed by atoms with Crippen LogP contribution in [-0.4, -0.2) is 83.1 Å². The zero-order valence-corrected chi connectivity index (χ0v) is 23.6. The van der Waals surface area contributed by atoms with Crippen LogP contribution in [-0.2, 0) is 17.1 Å². The van der Waals surface area contributed by atoms with Crippen LogP contribution >= 0.6 is 0 Å². The fraction of sp³-hybridized carbons (Fsp3) is 0.370. The molecule has 214 valence electrons. The molecule has 1 aliphatic rings. The molecule has 12 nitrogen and oxygen atoms in total. The molecule has 0 radical (unpaired) electrons. The lowest BCUT2D eigenvalue weighted by Crippen LogP contribution is -2.50. The minimum absolute atomic E-state index is 0.00542. The second-order valence-electron chi connectivity index (χ2n) is 9.94. The summed E-state index contributed by atoms with van der Waals surface area (Å²) in [7, 11) is -0.743. The summed E-state index contributed by atoms with van der Waals surface area (Å²) >= 11 is 0. The maximum absolute atomic E-state index is 13.6. The summed E-state index contributed by atoms with van der Waals surface area (Å²) in [5, 5.41) is 15.2. The van der Waals surface area contributed by atoms with E-state index in [4.69, 9.17) is 4.74 Å². The van der Waals surface area contributed by atoms with Gasteiger partial charge in [-0.05, 0) is 37.3 Å². The van der Waals surface area contributed by atoms with E-state index in [9.17, 15) is 23.1 Å². The minimum Gasteiger partial charge on any atom is -0.488 e. The maximum Gasteiger partial charge on any atom is 0.323 e. The highest BCUT2D eigenvalue weighted by atomic mass is 32.2. The Morgan fingerprint density at radius 2 is 1.90 bits per heavy atom. The number of carbonyl (C=O) groups is 2. The summed E-state index contributed by atoms with van der Waals surface area (Å²) in [5.74, 6) is -0.417. The third-order valence-electron chi connectivity index (χ3n) is 6.75. The molecule has 0 fully saturated rings. The number of para-hydroxylation sites is 1. The van der Waals surface area contributed by atoms with Gasteiger partial charge < -0.3 is 29.9 Å². The SMILES string of the molecule is C[C@H](CO)N1C[C@H](C)[C@H](CN(C)S(=O)(=O)c2cn(C)cn2)Oc2ccc(NC(=O)Nc3ccccc3)cc2C1=O. The van der Waals surface area contributed by atoms with Crippen LogP contribution in [0.25, 0.3) is 0 Å². The summed E-state index contributed by atoms with van der Waals surface area (Å²) in [6, 6.07) is 12.6. The molecule has 0 saturated carbocycles. The first-order valence-corrected chi connectivity index (χ1v) is 14.2. The molecule has 1 aliphatic heterocycles. The first kappa shape index (κ1) is 29.1. The Hall–Kier alpha value is -3.94. The van der Waals surface area contributed by atoms with Crippen molar-refractivity contribution in [3.05, 3.63) is 66.6 Å². The highest BCUT2D eigenvalue weighted by molar-refractivity contribution is 7.89. The Bertz CT molecular complexity index is 1460. The van der Waals surface area contributed by atoms with Gasteiger partial charge in [-0.25, -0.2) is 18.2 Å². The van der Waals surface area contributed by atoms with Gasteiger partial charge in [0.05, 0.1) is 31.1 Å². The highest BCUT2D eigenvalue weighted by Crippen LogP contribution is 2.31. The van der Waals surface area contributed by atoms with Crippen LogP contribution in [0.5, 0.6) is 5.75 Å². The Balaban J connectivity index is 1.61. The van der Waals surface area contributed by atoms with Crippen LogP contribution in [0.4, 0.5) is 16.2 Å². The molecule has 40 heavy (non-hydrogen) atoms. The Morgan fingerprint density at radius 3 is 2.55 bits per heavy atom. The van der Waals surface area contributed by atoms with E-state index in [0.29, 0.717) is 11.4 Å². The van der Waals surface area contributed by atoms with Crippen LogP contribution in [0.2, 0.25) is 0 Å². The van der Waals surface area contributed by atoms with Crippen molar-refractivity contribution in [2.24, 2.45) is 13.0 Å². The number of fused-ring (bicyclic) bond motifs is 1. The molecule has 1 aromatic heterocycles. The number of nitrogens with one attached hydrogen (secondary N) is 2. The predicted molar refractivity (Wildman–Crippen MR) is 150 cm³/mol. The number of urea groups is 1. The van der Waals surface area contributed by atoms with Crippen molar-refractivity contribution >= 4 is 33.3 Å². The summed E-state index contributed by atoms with van der Waals surface area (Å²) in [4.78, 5) is 31.7. The fourth-order valence-electron chi connectivity index (χ4n) is 4.37. The third kappa shape index (κ3) is 6.43. The molecule has 2 heterocycles. The topological polar surface area (TPSA) is 146 Å². The summed E-state index contributed by atoms with van der Waals surface area (Å²) in [6.45, 7) is 3.55. The van der Waals surface area contributed by atoms with Crippen LogP contribution < -0.4 is 15.4 Å². The number of aliphatic hydroxyl groups is 1. The number of sulfonamides is 1. The van der Waals surface area contributed by atoms with Crippen LogP contribution in [0.3, 0.4) is 0 Å². The third-order valence-corrected chi connectivity index (χ3v) is 8.46. The van der Waals surface area contributed by atoms with Gasteiger partial charge in [0.15, 0.2) is 5.03 Å². The van der Waals surface area contributed by atoms with E-state index in [1.807, 2.05) is 13.0 Å². The average Bonchev–Trinajstić information content (AvgIpc) is 3.38. The Kier molecular flexibility index (Phi) is 8.76. The molecule has 0 unspecified atom stereocenters.